The van der Waals surface area contributed by atoms with Gasteiger partial charge in [0.1, 0.15) is 5.82 Å². The smallest absolute Gasteiger partial charge is 0.237 e. The molecule has 1 aliphatic heterocycles. The fraction of sp³-hybridized carbons (Fsp3) is 0.389. The molecule has 27 heavy (non-hydrogen) atoms. The van der Waals surface area contributed by atoms with Gasteiger partial charge in [-0.1, -0.05) is 36.0 Å². The molecule has 0 radical (unpaired) electrons. The van der Waals surface area contributed by atoms with Crippen LogP contribution in [-0.2, 0) is 21.2 Å². The Balaban J connectivity index is 1.71. The summed E-state index contributed by atoms with van der Waals surface area (Å²) in [5.74, 6) is 0.944. The van der Waals surface area contributed by atoms with Gasteiger partial charge in [-0.05, 0) is 18.6 Å². The van der Waals surface area contributed by atoms with Gasteiger partial charge >= 0.3 is 0 Å². The Morgan fingerprint density at radius 1 is 1.37 bits per heavy atom. The van der Waals surface area contributed by atoms with Crippen LogP contribution in [0, 0.1) is 0 Å². The van der Waals surface area contributed by atoms with Crippen molar-refractivity contribution in [2.24, 2.45) is 0 Å². The van der Waals surface area contributed by atoms with Gasteiger partial charge in [-0.25, -0.2) is 8.42 Å². The molecule has 3 rings (SSSR count). The first kappa shape index (κ1) is 19.6. The van der Waals surface area contributed by atoms with Crippen molar-refractivity contribution in [1.82, 2.24) is 14.8 Å². The third kappa shape index (κ3) is 4.59. The molecule has 2 heterocycles. The Morgan fingerprint density at radius 3 is 2.74 bits per heavy atom. The predicted octanol–water partition coefficient (Wildman–Crippen LogP) is 2.12. The summed E-state index contributed by atoms with van der Waals surface area (Å²) in [6.45, 7) is 4.23. The van der Waals surface area contributed by atoms with E-state index in [0.29, 0.717) is 23.9 Å². The number of nitrogens with zero attached hydrogens (tertiary/aromatic N) is 4. The number of hydrogen-bond donors (Lipinski definition) is 0. The largest absolute Gasteiger partial charge is 0.315 e. The lowest BCUT2D eigenvalue weighted by molar-refractivity contribution is -0.115. The zero-order chi connectivity index (χ0) is 19.4. The molecule has 1 amide bonds. The molecule has 0 saturated carbocycles. The first-order valence-corrected chi connectivity index (χ1v) is 11.4. The van der Waals surface area contributed by atoms with Crippen molar-refractivity contribution in [3.05, 3.63) is 48.8 Å². The average Bonchev–Trinajstić information content (AvgIpc) is 3.22. The van der Waals surface area contributed by atoms with E-state index in [1.807, 2.05) is 34.9 Å². The van der Waals surface area contributed by atoms with E-state index in [4.69, 9.17) is 0 Å². The van der Waals surface area contributed by atoms with Gasteiger partial charge in [-0.2, -0.15) is 0 Å². The van der Waals surface area contributed by atoms with Crippen LogP contribution in [0.1, 0.15) is 18.2 Å². The summed E-state index contributed by atoms with van der Waals surface area (Å²) < 4.78 is 25.4. The maximum absolute atomic E-state index is 12.5. The third-order valence-corrected chi connectivity index (χ3v) is 7.22. The number of rotatable bonds is 7. The maximum atomic E-state index is 12.5. The topological polar surface area (TPSA) is 85.2 Å². The minimum Gasteiger partial charge on any atom is -0.315 e. The van der Waals surface area contributed by atoms with E-state index >= 15 is 0 Å². The molecular weight excluding hydrogens is 384 g/mol. The zero-order valence-corrected chi connectivity index (χ0v) is 16.7. The van der Waals surface area contributed by atoms with Crippen LogP contribution < -0.4 is 4.90 Å². The first-order chi connectivity index (χ1) is 12.9. The Labute approximate surface area is 163 Å². The van der Waals surface area contributed by atoms with Crippen molar-refractivity contribution in [3.63, 3.8) is 0 Å². The van der Waals surface area contributed by atoms with Crippen LogP contribution in [0.3, 0.4) is 0 Å². The third-order valence-electron chi connectivity index (χ3n) is 4.50. The first-order valence-electron chi connectivity index (χ1n) is 8.60. The summed E-state index contributed by atoms with van der Waals surface area (Å²) in [6.07, 6.45) is 2.27. The van der Waals surface area contributed by atoms with Crippen LogP contribution in [0.4, 0.5) is 5.69 Å². The molecule has 1 aromatic heterocycles. The molecule has 1 fully saturated rings. The number of carbonyl (C=O) groups is 1. The maximum Gasteiger partial charge on any atom is 0.237 e. The van der Waals surface area contributed by atoms with Gasteiger partial charge in [0.05, 0.1) is 17.3 Å². The van der Waals surface area contributed by atoms with Crippen molar-refractivity contribution in [2.45, 2.75) is 24.0 Å². The van der Waals surface area contributed by atoms with Crippen LogP contribution >= 0.6 is 11.8 Å². The quantitative estimate of drug-likeness (QED) is 0.517. The fourth-order valence-corrected chi connectivity index (χ4v) is 5.63. The number of aromatic nitrogens is 3. The van der Waals surface area contributed by atoms with Crippen LogP contribution in [0.2, 0.25) is 0 Å². The molecule has 0 aliphatic carbocycles. The highest BCUT2D eigenvalue weighted by atomic mass is 32.2. The number of benzene rings is 1. The monoisotopic (exact) mass is 406 g/mol. The van der Waals surface area contributed by atoms with Gasteiger partial charge in [0.2, 0.25) is 5.91 Å². The highest BCUT2D eigenvalue weighted by Gasteiger charge is 2.33. The van der Waals surface area contributed by atoms with E-state index in [9.17, 15) is 13.2 Å². The Hall–Kier alpha value is -2.13. The molecule has 1 aliphatic rings. The van der Waals surface area contributed by atoms with Crippen molar-refractivity contribution in [1.29, 1.82) is 0 Å². The fourth-order valence-electron chi connectivity index (χ4n) is 3.03. The molecule has 1 atom stereocenters. The second-order valence-electron chi connectivity index (χ2n) is 6.42. The summed E-state index contributed by atoms with van der Waals surface area (Å²) in [5, 5.41) is 9.01. The number of thioether (sulfide) groups is 1. The van der Waals surface area contributed by atoms with E-state index in [1.54, 1.807) is 18.0 Å². The normalized spacial score (nSPS) is 18.3. The number of anilines is 1. The van der Waals surface area contributed by atoms with Gasteiger partial charge in [-0.15, -0.1) is 16.8 Å². The SMILES string of the molecule is C=CCn1c(SCC(=O)N(C)c2ccccc2)nnc1C1CCS(=O)(=O)C1. The standard InChI is InChI=1S/C18H22N4O3S2/c1-3-10-22-17(14-9-11-27(24,25)13-14)19-20-18(22)26-12-16(23)21(2)15-7-5-4-6-8-15/h3-8,14H,1,9-13H2,2H3. The van der Waals surface area contributed by atoms with Crippen LogP contribution in [0.15, 0.2) is 48.1 Å². The van der Waals surface area contributed by atoms with Gasteiger partial charge in [0, 0.05) is 25.2 Å². The molecule has 1 saturated heterocycles. The lowest BCUT2D eigenvalue weighted by Gasteiger charge is -2.17. The van der Waals surface area contributed by atoms with E-state index in [0.717, 1.165) is 5.69 Å². The van der Waals surface area contributed by atoms with E-state index in [2.05, 4.69) is 16.8 Å². The highest BCUT2D eigenvalue weighted by molar-refractivity contribution is 7.99. The summed E-state index contributed by atoms with van der Waals surface area (Å²) in [7, 11) is -1.27. The average molecular weight is 407 g/mol. The van der Waals surface area contributed by atoms with Gasteiger partial charge < -0.3 is 9.47 Å². The minimum atomic E-state index is -3.01. The lowest BCUT2D eigenvalue weighted by atomic mass is 10.1. The Morgan fingerprint density at radius 2 is 2.11 bits per heavy atom. The van der Waals surface area contributed by atoms with Crippen molar-refractivity contribution in [2.75, 3.05) is 29.2 Å². The van der Waals surface area contributed by atoms with E-state index in [-0.39, 0.29) is 29.1 Å². The molecule has 0 N–H and O–H groups in total. The molecule has 1 aromatic carbocycles. The van der Waals surface area contributed by atoms with Crippen LogP contribution in [-0.4, -0.2) is 53.4 Å². The number of sulfone groups is 1. The molecule has 1 unspecified atom stereocenters. The number of para-hydroxylation sites is 1. The molecule has 0 bridgehead atoms. The molecule has 7 nitrogen and oxygen atoms in total. The lowest BCUT2D eigenvalue weighted by Crippen LogP contribution is -2.28. The van der Waals surface area contributed by atoms with Crippen molar-refractivity contribution < 1.29 is 13.2 Å². The summed E-state index contributed by atoms with van der Waals surface area (Å²) in [4.78, 5) is 14.1. The predicted molar refractivity (Wildman–Crippen MR) is 107 cm³/mol. The molecule has 9 heteroatoms. The van der Waals surface area contributed by atoms with E-state index in [1.165, 1.54) is 11.8 Å². The Kier molecular flexibility index (Phi) is 6.01. The van der Waals surface area contributed by atoms with Crippen LogP contribution in [0.5, 0.6) is 0 Å². The number of allylic oxidation sites excluding steroid dienone is 1. The summed E-state index contributed by atoms with van der Waals surface area (Å²) in [5.41, 5.74) is 0.826. The molecule has 0 spiro atoms. The van der Waals surface area contributed by atoms with Gasteiger partial charge in [-0.3, -0.25) is 4.79 Å². The second kappa shape index (κ2) is 8.26. The van der Waals surface area contributed by atoms with E-state index < -0.39 is 9.84 Å². The summed E-state index contributed by atoms with van der Waals surface area (Å²) >= 11 is 1.30. The highest BCUT2D eigenvalue weighted by Crippen LogP contribution is 2.30. The number of carbonyl (C=O) groups excluding carboxylic acids is 1. The van der Waals surface area contributed by atoms with Crippen LogP contribution in [0.25, 0.3) is 0 Å². The molecular formula is C18H22N4O3S2. The van der Waals surface area contributed by atoms with Gasteiger partial charge in [0.15, 0.2) is 15.0 Å². The van der Waals surface area contributed by atoms with Crippen molar-refractivity contribution >= 4 is 33.2 Å². The number of hydrogen-bond acceptors (Lipinski definition) is 6. The van der Waals surface area contributed by atoms with Gasteiger partial charge in [0.25, 0.3) is 0 Å². The van der Waals surface area contributed by atoms with Crippen molar-refractivity contribution in [3.8, 4) is 0 Å². The minimum absolute atomic E-state index is 0.0515. The Bertz CT molecular complexity index is 925. The number of amides is 1. The second-order valence-corrected chi connectivity index (χ2v) is 9.59. The molecule has 2 aromatic rings. The zero-order valence-electron chi connectivity index (χ0n) is 15.1. The molecule has 144 valence electrons. The summed E-state index contributed by atoms with van der Waals surface area (Å²) in [6, 6.07) is 9.42.